The van der Waals surface area contributed by atoms with E-state index in [1.807, 2.05) is 0 Å². The van der Waals surface area contributed by atoms with Crippen molar-refractivity contribution >= 4 is 5.69 Å². The molecule has 0 saturated heterocycles. The highest BCUT2D eigenvalue weighted by Gasteiger charge is 2.24. The van der Waals surface area contributed by atoms with E-state index in [1.165, 1.54) is 6.42 Å². The number of nitrogens with two attached hydrogens (primary N) is 1. The minimum absolute atomic E-state index is 0.129. The van der Waals surface area contributed by atoms with Gasteiger partial charge in [0.25, 0.3) is 0 Å². The molecule has 21 heavy (non-hydrogen) atoms. The first kappa shape index (κ1) is 13.9. The van der Waals surface area contributed by atoms with Crippen LogP contribution in [-0.4, -0.2) is 20.2 Å². The zero-order valence-electron chi connectivity index (χ0n) is 11.8. The Hall–Kier alpha value is -2.05. The second kappa shape index (κ2) is 5.38. The molecule has 7 heteroatoms. The van der Waals surface area contributed by atoms with E-state index < -0.39 is 11.6 Å². The molecule has 1 fully saturated rings. The first-order valence-electron chi connectivity index (χ1n) is 7.05. The highest BCUT2D eigenvalue weighted by Crippen LogP contribution is 2.33. The largest absolute Gasteiger partial charge is 0.398 e. The first-order valence-corrected chi connectivity index (χ1v) is 7.05. The average molecular weight is 293 g/mol. The van der Waals surface area contributed by atoms with Crippen LogP contribution >= 0.6 is 0 Å². The summed E-state index contributed by atoms with van der Waals surface area (Å²) in [4.78, 5) is 0. The van der Waals surface area contributed by atoms with E-state index in [2.05, 4.69) is 22.4 Å². The summed E-state index contributed by atoms with van der Waals surface area (Å²) < 4.78 is 28.2. The van der Waals surface area contributed by atoms with Gasteiger partial charge in [-0.1, -0.05) is 13.3 Å². The van der Waals surface area contributed by atoms with Crippen LogP contribution in [0.15, 0.2) is 12.1 Å². The van der Waals surface area contributed by atoms with Gasteiger partial charge in [0.05, 0.1) is 0 Å². The van der Waals surface area contributed by atoms with Crippen LogP contribution in [0.25, 0.3) is 11.4 Å². The molecule has 112 valence electrons. The van der Waals surface area contributed by atoms with Crippen molar-refractivity contribution in [2.45, 2.75) is 32.7 Å². The number of benzene rings is 1. The van der Waals surface area contributed by atoms with Crippen LogP contribution in [0, 0.1) is 23.5 Å². The molecular weight excluding hydrogens is 276 g/mol. The highest BCUT2D eigenvalue weighted by atomic mass is 19.2. The van der Waals surface area contributed by atoms with E-state index in [-0.39, 0.29) is 5.69 Å². The number of hydrogen-bond acceptors (Lipinski definition) is 4. The Kier molecular flexibility index (Phi) is 3.57. The van der Waals surface area contributed by atoms with Gasteiger partial charge in [-0.05, 0) is 41.2 Å². The summed E-state index contributed by atoms with van der Waals surface area (Å²) in [6, 6.07) is 2.01. The third-order valence-electron chi connectivity index (χ3n) is 4.10. The van der Waals surface area contributed by atoms with Crippen LogP contribution in [0.1, 0.15) is 26.2 Å². The normalized spacial score (nSPS) is 21.9. The van der Waals surface area contributed by atoms with E-state index in [9.17, 15) is 8.78 Å². The number of halogens is 2. The minimum Gasteiger partial charge on any atom is -0.398 e. The monoisotopic (exact) mass is 293 g/mol. The van der Waals surface area contributed by atoms with Crippen molar-refractivity contribution in [1.82, 2.24) is 20.2 Å². The zero-order chi connectivity index (χ0) is 15.0. The molecule has 1 heterocycles. The molecule has 1 aliphatic carbocycles. The van der Waals surface area contributed by atoms with Crippen LogP contribution in [-0.2, 0) is 6.54 Å². The fraction of sp³-hybridized carbons (Fsp3) is 0.500. The number of anilines is 1. The Morgan fingerprint density at radius 3 is 2.76 bits per heavy atom. The van der Waals surface area contributed by atoms with Gasteiger partial charge in [0.1, 0.15) is 0 Å². The average Bonchev–Trinajstić information content (AvgIpc) is 3.04. The molecular formula is C14H17F2N5. The second-order valence-electron chi connectivity index (χ2n) is 5.82. The first-order chi connectivity index (χ1) is 10.0. The molecule has 0 aliphatic heterocycles. The lowest BCUT2D eigenvalue weighted by Gasteiger charge is -2.12. The van der Waals surface area contributed by atoms with E-state index >= 15 is 0 Å². The molecule has 0 spiro atoms. The molecule has 1 aromatic carbocycles. The number of nitrogen functional groups attached to an aromatic ring is 1. The molecule has 2 N–H and O–H groups in total. The summed E-state index contributed by atoms with van der Waals surface area (Å²) in [5.41, 5.74) is 6.22. The smallest absolute Gasteiger partial charge is 0.184 e. The van der Waals surface area contributed by atoms with Crippen molar-refractivity contribution in [3.8, 4) is 11.4 Å². The van der Waals surface area contributed by atoms with Gasteiger partial charge in [-0.25, -0.2) is 13.5 Å². The SMILES string of the molecule is CC1CCC(Cn2nnnc2-c2cc(F)c(F)cc2N)C1. The van der Waals surface area contributed by atoms with E-state index in [1.54, 1.807) is 4.68 Å². The fourth-order valence-electron chi connectivity index (χ4n) is 3.01. The number of hydrogen-bond donors (Lipinski definition) is 1. The maximum atomic E-state index is 13.4. The molecule has 3 rings (SSSR count). The summed E-state index contributed by atoms with van der Waals surface area (Å²) in [5, 5.41) is 11.5. The standard InChI is InChI=1S/C14H17F2N5/c1-8-2-3-9(4-8)7-21-14(18-19-20-21)10-5-11(15)12(16)6-13(10)17/h5-6,8-9H,2-4,7,17H2,1H3. The molecule has 1 aliphatic rings. The lowest BCUT2D eigenvalue weighted by atomic mass is 10.1. The fourth-order valence-corrected chi connectivity index (χ4v) is 3.01. The number of rotatable bonds is 3. The molecule has 5 nitrogen and oxygen atoms in total. The van der Waals surface area contributed by atoms with Crippen molar-refractivity contribution in [2.75, 3.05) is 5.73 Å². The highest BCUT2D eigenvalue weighted by molar-refractivity contribution is 5.71. The van der Waals surface area contributed by atoms with Crippen LogP contribution < -0.4 is 5.73 Å². The predicted octanol–water partition coefficient (Wildman–Crippen LogP) is 2.64. The molecule has 0 radical (unpaired) electrons. The Bertz CT molecular complexity index is 655. The minimum atomic E-state index is -0.972. The lowest BCUT2D eigenvalue weighted by molar-refractivity contribution is 0.412. The van der Waals surface area contributed by atoms with E-state index in [4.69, 9.17) is 5.73 Å². The van der Waals surface area contributed by atoms with Crippen molar-refractivity contribution in [1.29, 1.82) is 0 Å². The van der Waals surface area contributed by atoms with Gasteiger partial charge in [0, 0.05) is 23.9 Å². The Balaban J connectivity index is 1.90. The molecule has 2 atom stereocenters. The van der Waals surface area contributed by atoms with Gasteiger partial charge < -0.3 is 5.73 Å². The van der Waals surface area contributed by atoms with Gasteiger partial charge in [-0.3, -0.25) is 0 Å². The number of aromatic nitrogens is 4. The maximum absolute atomic E-state index is 13.4. The third kappa shape index (κ3) is 2.72. The Morgan fingerprint density at radius 2 is 2.05 bits per heavy atom. The van der Waals surface area contributed by atoms with E-state index in [0.717, 1.165) is 25.0 Å². The van der Waals surface area contributed by atoms with Gasteiger partial charge in [0.2, 0.25) is 0 Å². The van der Waals surface area contributed by atoms with Crippen molar-refractivity contribution in [3.63, 3.8) is 0 Å². The van der Waals surface area contributed by atoms with Crippen molar-refractivity contribution in [3.05, 3.63) is 23.8 Å². The lowest BCUT2D eigenvalue weighted by Crippen LogP contribution is -2.11. The van der Waals surface area contributed by atoms with Crippen molar-refractivity contribution < 1.29 is 8.78 Å². The molecule has 0 amide bonds. The van der Waals surface area contributed by atoms with Crippen LogP contribution in [0.2, 0.25) is 0 Å². The third-order valence-corrected chi connectivity index (χ3v) is 4.10. The summed E-state index contributed by atoms with van der Waals surface area (Å²) in [5.74, 6) is -0.328. The zero-order valence-corrected chi connectivity index (χ0v) is 11.8. The topological polar surface area (TPSA) is 69.6 Å². The van der Waals surface area contributed by atoms with Crippen LogP contribution in [0.4, 0.5) is 14.5 Å². The number of tetrazole rings is 1. The quantitative estimate of drug-likeness (QED) is 0.883. The number of nitrogens with zero attached hydrogens (tertiary/aromatic N) is 4. The molecule has 2 aromatic rings. The summed E-state index contributed by atoms with van der Waals surface area (Å²) in [7, 11) is 0. The Labute approximate surface area is 121 Å². The maximum Gasteiger partial charge on any atom is 0.184 e. The van der Waals surface area contributed by atoms with Crippen molar-refractivity contribution in [2.24, 2.45) is 11.8 Å². The summed E-state index contributed by atoms with van der Waals surface area (Å²) >= 11 is 0. The summed E-state index contributed by atoms with van der Waals surface area (Å²) in [6.07, 6.45) is 3.47. The van der Waals surface area contributed by atoms with Gasteiger partial charge in [0.15, 0.2) is 17.5 Å². The molecule has 0 bridgehead atoms. The van der Waals surface area contributed by atoms with E-state index in [0.29, 0.717) is 29.8 Å². The molecule has 1 saturated carbocycles. The second-order valence-corrected chi connectivity index (χ2v) is 5.82. The van der Waals surface area contributed by atoms with Gasteiger partial charge >= 0.3 is 0 Å². The van der Waals surface area contributed by atoms with Crippen LogP contribution in [0.5, 0.6) is 0 Å². The van der Waals surface area contributed by atoms with Gasteiger partial charge in [-0.2, -0.15) is 0 Å². The summed E-state index contributed by atoms with van der Waals surface area (Å²) in [6.45, 7) is 2.90. The molecule has 1 aromatic heterocycles. The molecule has 2 unspecified atom stereocenters. The predicted molar refractivity (Wildman–Crippen MR) is 74.1 cm³/mol. The Morgan fingerprint density at radius 1 is 1.29 bits per heavy atom. The van der Waals surface area contributed by atoms with Gasteiger partial charge in [-0.15, -0.1) is 5.10 Å². The van der Waals surface area contributed by atoms with Crippen LogP contribution in [0.3, 0.4) is 0 Å².